The van der Waals surface area contributed by atoms with E-state index < -0.39 is 0 Å². The molecule has 0 aromatic heterocycles. The molecular formula is C12H21N3O2. The van der Waals surface area contributed by atoms with Gasteiger partial charge in [0.15, 0.2) is 0 Å². The molecule has 0 aliphatic carbocycles. The summed E-state index contributed by atoms with van der Waals surface area (Å²) in [5, 5.41) is 5.90. The van der Waals surface area contributed by atoms with Crippen LogP contribution in [0.15, 0.2) is 0 Å². The van der Waals surface area contributed by atoms with Crippen LogP contribution in [-0.2, 0) is 9.59 Å². The molecule has 2 N–H and O–H groups in total. The lowest BCUT2D eigenvalue weighted by molar-refractivity contribution is -0.134. The molecule has 0 aromatic carbocycles. The maximum Gasteiger partial charge on any atom is 0.241 e. The Morgan fingerprint density at radius 3 is 2.65 bits per heavy atom. The van der Waals surface area contributed by atoms with Gasteiger partial charge in [0.2, 0.25) is 11.8 Å². The van der Waals surface area contributed by atoms with E-state index in [1.165, 1.54) is 6.42 Å². The minimum Gasteiger partial charge on any atom is -0.347 e. The molecule has 2 saturated heterocycles. The van der Waals surface area contributed by atoms with Crippen molar-refractivity contribution in [1.82, 2.24) is 15.5 Å². The number of piperidine rings is 1. The lowest BCUT2D eigenvalue weighted by atomic mass is 10.1. The molecule has 2 aliphatic heterocycles. The smallest absolute Gasteiger partial charge is 0.241 e. The molecule has 0 bridgehead atoms. The van der Waals surface area contributed by atoms with Crippen LogP contribution in [-0.4, -0.2) is 49.4 Å². The molecule has 0 saturated carbocycles. The van der Waals surface area contributed by atoms with Crippen molar-refractivity contribution < 1.29 is 9.59 Å². The number of likely N-dealkylation sites (tertiary alicyclic amines) is 1. The molecule has 0 radical (unpaired) electrons. The van der Waals surface area contributed by atoms with Crippen LogP contribution < -0.4 is 10.6 Å². The van der Waals surface area contributed by atoms with Gasteiger partial charge in [0, 0.05) is 19.6 Å². The summed E-state index contributed by atoms with van der Waals surface area (Å²) in [4.78, 5) is 25.4. The summed E-state index contributed by atoms with van der Waals surface area (Å²) in [5.74, 6) is 0.119. The SMILES string of the molecule is O=C(NCC(=O)N1CCCCC1)C1CCNC1. The van der Waals surface area contributed by atoms with E-state index in [9.17, 15) is 9.59 Å². The zero-order valence-electron chi connectivity index (χ0n) is 10.2. The van der Waals surface area contributed by atoms with Crippen molar-refractivity contribution in [3.8, 4) is 0 Å². The number of hydrogen-bond acceptors (Lipinski definition) is 3. The van der Waals surface area contributed by atoms with E-state index in [0.717, 1.165) is 45.4 Å². The van der Waals surface area contributed by atoms with Gasteiger partial charge in [-0.05, 0) is 32.2 Å². The van der Waals surface area contributed by atoms with E-state index in [2.05, 4.69) is 10.6 Å². The zero-order chi connectivity index (χ0) is 12.1. The van der Waals surface area contributed by atoms with Gasteiger partial charge in [0.25, 0.3) is 0 Å². The molecule has 1 atom stereocenters. The first kappa shape index (κ1) is 12.4. The summed E-state index contributed by atoms with van der Waals surface area (Å²) < 4.78 is 0. The van der Waals surface area contributed by atoms with E-state index in [4.69, 9.17) is 0 Å². The first-order valence-corrected chi connectivity index (χ1v) is 6.53. The predicted octanol–water partition coefficient (Wildman–Crippen LogP) is -0.275. The van der Waals surface area contributed by atoms with Crippen molar-refractivity contribution in [2.24, 2.45) is 5.92 Å². The summed E-state index contributed by atoms with van der Waals surface area (Å²) in [7, 11) is 0. The van der Waals surface area contributed by atoms with Crippen LogP contribution in [0.25, 0.3) is 0 Å². The van der Waals surface area contributed by atoms with E-state index in [1.807, 2.05) is 4.90 Å². The van der Waals surface area contributed by atoms with Crippen LogP contribution in [0.4, 0.5) is 0 Å². The predicted molar refractivity (Wildman–Crippen MR) is 64.4 cm³/mol. The molecule has 96 valence electrons. The van der Waals surface area contributed by atoms with Gasteiger partial charge in [-0.2, -0.15) is 0 Å². The highest BCUT2D eigenvalue weighted by atomic mass is 16.2. The molecule has 2 rings (SSSR count). The molecule has 5 heteroatoms. The van der Waals surface area contributed by atoms with E-state index in [0.29, 0.717) is 0 Å². The van der Waals surface area contributed by atoms with E-state index >= 15 is 0 Å². The molecule has 2 heterocycles. The number of nitrogens with one attached hydrogen (secondary N) is 2. The lowest BCUT2D eigenvalue weighted by Crippen LogP contribution is -2.44. The quantitative estimate of drug-likeness (QED) is 0.712. The normalized spacial score (nSPS) is 24.7. The maximum atomic E-state index is 11.8. The zero-order valence-corrected chi connectivity index (χ0v) is 10.2. The molecule has 0 aromatic rings. The third-order valence-corrected chi connectivity index (χ3v) is 3.55. The van der Waals surface area contributed by atoms with Gasteiger partial charge in [-0.1, -0.05) is 0 Å². The van der Waals surface area contributed by atoms with Crippen molar-refractivity contribution in [3.63, 3.8) is 0 Å². The Morgan fingerprint density at radius 1 is 1.24 bits per heavy atom. The number of carbonyl (C=O) groups is 2. The third kappa shape index (κ3) is 3.43. The van der Waals surface area contributed by atoms with Gasteiger partial charge < -0.3 is 15.5 Å². The van der Waals surface area contributed by atoms with Crippen LogP contribution in [0.2, 0.25) is 0 Å². The average Bonchev–Trinajstić information content (AvgIpc) is 2.90. The monoisotopic (exact) mass is 239 g/mol. The highest BCUT2D eigenvalue weighted by molar-refractivity contribution is 5.86. The summed E-state index contributed by atoms with van der Waals surface area (Å²) in [6.07, 6.45) is 4.27. The molecule has 0 spiro atoms. The summed E-state index contributed by atoms with van der Waals surface area (Å²) in [5.41, 5.74) is 0. The highest BCUT2D eigenvalue weighted by Crippen LogP contribution is 2.09. The summed E-state index contributed by atoms with van der Waals surface area (Å²) in [6, 6.07) is 0. The number of carbonyl (C=O) groups excluding carboxylic acids is 2. The maximum absolute atomic E-state index is 11.8. The van der Waals surface area contributed by atoms with Crippen LogP contribution in [0.5, 0.6) is 0 Å². The topological polar surface area (TPSA) is 61.4 Å². The molecular weight excluding hydrogens is 218 g/mol. The van der Waals surface area contributed by atoms with Crippen LogP contribution in [0.1, 0.15) is 25.7 Å². The minimum absolute atomic E-state index is 0.0142. The van der Waals surface area contributed by atoms with Gasteiger partial charge in [0.05, 0.1) is 12.5 Å². The minimum atomic E-state index is 0.0142. The molecule has 2 aliphatic rings. The number of hydrogen-bond donors (Lipinski definition) is 2. The van der Waals surface area contributed by atoms with Crippen LogP contribution in [0, 0.1) is 5.92 Å². The Balaban J connectivity index is 1.69. The fourth-order valence-electron chi connectivity index (χ4n) is 2.44. The standard InChI is InChI=1S/C12H21N3O2/c16-11(15-6-2-1-3-7-15)9-14-12(17)10-4-5-13-8-10/h10,13H,1-9H2,(H,14,17). The van der Waals surface area contributed by atoms with Crippen molar-refractivity contribution in [1.29, 1.82) is 0 Å². The summed E-state index contributed by atoms with van der Waals surface area (Å²) >= 11 is 0. The second-order valence-electron chi connectivity index (χ2n) is 4.85. The highest BCUT2D eigenvalue weighted by Gasteiger charge is 2.23. The fourth-order valence-corrected chi connectivity index (χ4v) is 2.44. The first-order valence-electron chi connectivity index (χ1n) is 6.53. The average molecular weight is 239 g/mol. The molecule has 1 unspecified atom stereocenters. The van der Waals surface area contributed by atoms with Crippen molar-refractivity contribution in [2.45, 2.75) is 25.7 Å². The molecule has 5 nitrogen and oxygen atoms in total. The van der Waals surface area contributed by atoms with Gasteiger partial charge in [-0.3, -0.25) is 9.59 Å². The van der Waals surface area contributed by atoms with Crippen molar-refractivity contribution >= 4 is 11.8 Å². The third-order valence-electron chi connectivity index (χ3n) is 3.55. The van der Waals surface area contributed by atoms with E-state index in [1.54, 1.807) is 0 Å². The lowest BCUT2D eigenvalue weighted by Gasteiger charge is -2.26. The number of amides is 2. The molecule has 2 amide bonds. The van der Waals surface area contributed by atoms with Gasteiger partial charge >= 0.3 is 0 Å². The Bertz CT molecular complexity index is 281. The Hall–Kier alpha value is -1.10. The van der Waals surface area contributed by atoms with Gasteiger partial charge in [-0.25, -0.2) is 0 Å². The summed E-state index contributed by atoms with van der Waals surface area (Å²) in [6.45, 7) is 3.50. The van der Waals surface area contributed by atoms with Gasteiger partial charge in [0.1, 0.15) is 0 Å². The first-order chi connectivity index (χ1) is 8.27. The Labute approximate surface area is 102 Å². The van der Waals surface area contributed by atoms with Crippen LogP contribution in [0.3, 0.4) is 0 Å². The number of nitrogens with zero attached hydrogens (tertiary/aromatic N) is 1. The second kappa shape index (κ2) is 6.00. The van der Waals surface area contributed by atoms with Crippen molar-refractivity contribution in [3.05, 3.63) is 0 Å². The number of rotatable bonds is 3. The largest absolute Gasteiger partial charge is 0.347 e. The van der Waals surface area contributed by atoms with Crippen LogP contribution >= 0.6 is 0 Å². The molecule has 17 heavy (non-hydrogen) atoms. The molecule has 2 fully saturated rings. The van der Waals surface area contributed by atoms with Crippen molar-refractivity contribution in [2.75, 3.05) is 32.7 Å². The Kier molecular flexibility index (Phi) is 4.36. The fraction of sp³-hybridized carbons (Fsp3) is 0.833. The van der Waals surface area contributed by atoms with Gasteiger partial charge in [-0.15, -0.1) is 0 Å². The van der Waals surface area contributed by atoms with E-state index in [-0.39, 0.29) is 24.3 Å². The Morgan fingerprint density at radius 2 is 2.00 bits per heavy atom. The second-order valence-corrected chi connectivity index (χ2v) is 4.85.